The molecule has 0 aromatic heterocycles. The highest BCUT2D eigenvalue weighted by Gasteiger charge is 2.51. The molecule has 1 heterocycles. The lowest BCUT2D eigenvalue weighted by molar-refractivity contribution is 0.354. The van der Waals surface area contributed by atoms with Crippen molar-refractivity contribution in [1.29, 1.82) is 0 Å². The van der Waals surface area contributed by atoms with E-state index in [9.17, 15) is 8.78 Å². The van der Waals surface area contributed by atoms with Gasteiger partial charge in [0, 0.05) is 35.1 Å². The van der Waals surface area contributed by atoms with Crippen LogP contribution in [0.2, 0.25) is 0 Å². The van der Waals surface area contributed by atoms with Gasteiger partial charge >= 0.3 is 0 Å². The van der Waals surface area contributed by atoms with Gasteiger partial charge in [-0.05, 0) is 19.8 Å². The van der Waals surface area contributed by atoms with Crippen LogP contribution in [0, 0.1) is 11.6 Å². The minimum atomic E-state index is -0.516. The molecular formula is C13H15F2NO. The van der Waals surface area contributed by atoms with E-state index >= 15 is 0 Å². The number of benzene rings is 1. The summed E-state index contributed by atoms with van der Waals surface area (Å²) >= 11 is 0. The molecule has 0 radical (unpaired) electrons. The van der Waals surface area contributed by atoms with E-state index in [1.54, 1.807) is 0 Å². The third-order valence-electron chi connectivity index (χ3n) is 4.05. The van der Waals surface area contributed by atoms with Crippen LogP contribution in [0.5, 0.6) is 5.75 Å². The number of hydrogen-bond acceptors (Lipinski definition) is 2. The van der Waals surface area contributed by atoms with E-state index in [1.807, 2.05) is 6.92 Å². The van der Waals surface area contributed by atoms with Gasteiger partial charge in [0.05, 0.1) is 6.61 Å². The topological polar surface area (TPSA) is 35.2 Å². The zero-order chi connectivity index (χ0) is 12.2. The number of fused-ring (bicyclic) bond motifs is 1. The zero-order valence-corrected chi connectivity index (χ0v) is 9.72. The first-order chi connectivity index (χ1) is 8.06. The predicted molar refractivity (Wildman–Crippen MR) is 60.1 cm³/mol. The zero-order valence-electron chi connectivity index (χ0n) is 9.72. The van der Waals surface area contributed by atoms with Gasteiger partial charge in [-0.1, -0.05) is 0 Å². The smallest absolute Gasteiger partial charge is 0.136 e. The molecule has 0 spiro atoms. The third-order valence-corrected chi connectivity index (χ3v) is 4.05. The second-order valence-corrected chi connectivity index (χ2v) is 5.07. The van der Waals surface area contributed by atoms with Crippen LogP contribution in [0.3, 0.4) is 0 Å². The Balaban J connectivity index is 2.18. The Labute approximate surface area is 98.8 Å². The highest BCUT2D eigenvalue weighted by atomic mass is 19.1. The van der Waals surface area contributed by atoms with Crippen LogP contribution >= 0.6 is 0 Å². The molecule has 1 aliphatic carbocycles. The first kappa shape index (κ1) is 11.0. The predicted octanol–water partition coefficient (Wildman–Crippen LogP) is 2.28. The van der Waals surface area contributed by atoms with Crippen molar-refractivity contribution in [2.24, 2.45) is 5.73 Å². The van der Waals surface area contributed by atoms with E-state index in [1.165, 1.54) is 6.07 Å². The summed E-state index contributed by atoms with van der Waals surface area (Å²) in [5.74, 6) is -0.602. The monoisotopic (exact) mass is 239 g/mol. The van der Waals surface area contributed by atoms with Crippen molar-refractivity contribution in [3.63, 3.8) is 0 Å². The van der Waals surface area contributed by atoms with Crippen LogP contribution < -0.4 is 10.5 Å². The van der Waals surface area contributed by atoms with Crippen molar-refractivity contribution in [3.8, 4) is 5.75 Å². The Bertz CT molecular complexity index is 481. The molecule has 92 valence electrons. The molecule has 0 saturated heterocycles. The van der Waals surface area contributed by atoms with Crippen LogP contribution in [-0.2, 0) is 11.8 Å². The largest absolute Gasteiger partial charge is 0.493 e. The van der Waals surface area contributed by atoms with Crippen LogP contribution in [0.4, 0.5) is 8.78 Å². The number of nitrogens with two attached hydrogens (primary N) is 1. The molecule has 1 unspecified atom stereocenters. The quantitative estimate of drug-likeness (QED) is 0.859. The van der Waals surface area contributed by atoms with Crippen molar-refractivity contribution in [1.82, 2.24) is 0 Å². The lowest BCUT2D eigenvalue weighted by Crippen LogP contribution is -2.33. The first-order valence-electron chi connectivity index (χ1n) is 5.96. The van der Waals surface area contributed by atoms with Gasteiger partial charge in [-0.15, -0.1) is 0 Å². The molecule has 1 saturated carbocycles. The maximum Gasteiger partial charge on any atom is 0.136 e. The van der Waals surface area contributed by atoms with E-state index in [-0.39, 0.29) is 11.6 Å². The molecule has 1 aliphatic heterocycles. The summed E-state index contributed by atoms with van der Waals surface area (Å²) in [6.45, 7) is 2.25. The number of hydrogen-bond donors (Lipinski definition) is 1. The summed E-state index contributed by atoms with van der Waals surface area (Å²) < 4.78 is 33.6. The Kier molecular flexibility index (Phi) is 2.20. The van der Waals surface area contributed by atoms with Crippen LogP contribution in [0.1, 0.15) is 30.9 Å². The number of halogens is 2. The van der Waals surface area contributed by atoms with E-state index in [0.29, 0.717) is 24.3 Å². The molecule has 2 N–H and O–H groups in total. The van der Waals surface area contributed by atoms with Crippen LogP contribution in [0.15, 0.2) is 6.07 Å². The van der Waals surface area contributed by atoms with Gasteiger partial charge in [0.15, 0.2) is 0 Å². The Morgan fingerprint density at radius 3 is 2.71 bits per heavy atom. The fraction of sp³-hybridized carbons (Fsp3) is 0.538. The van der Waals surface area contributed by atoms with E-state index < -0.39 is 17.0 Å². The number of rotatable bonds is 2. The van der Waals surface area contributed by atoms with E-state index in [4.69, 9.17) is 10.5 Å². The standard InChI is InChI=1S/C13H15F2NO/c1-7(16)13(3-4-13)11-9(14)6-10-8(12(11)15)2-5-17-10/h6-7H,2-5,16H2,1H3. The molecule has 1 aromatic carbocycles. The summed E-state index contributed by atoms with van der Waals surface area (Å²) in [6.07, 6.45) is 2.04. The van der Waals surface area contributed by atoms with Gasteiger partial charge in [0.1, 0.15) is 17.4 Å². The minimum absolute atomic E-state index is 0.178. The second kappa shape index (κ2) is 3.42. The molecule has 3 rings (SSSR count). The normalized spacial score (nSPS) is 21.9. The van der Waals surface area contributed by atoms with Gasteiger partial charge < -0.3 is 10.5 Å². The van der Waals surface area contributed by atoms with E-state index in [0.717, 1.165) is 12.8 Å². The summed E-state index contributed by atoms with van der Waals surface area (Å²) in [5.41, 5.74) is 6.07. The first-order valence-corrected chi connectivity index (χ1v) is 5.96. The van der Waals surface area contributed by atoms with Gasteiger partial charge in [0.25, 0.3) is 0 Å². The van der Waals surface area contributed by atoms with Crippen molar-refractivity contribution in [2.75, 3.05) is 6.61 Å². The van der Waals surface area contributed by atoms with Crippen molar-refractivity contribution >= 4 is 0 Å². The average molecular weight is 239 g/mol. The highest BCUT2D eigenvalue weighted by Crippen LogP contribution is 2.53. The molecule has 0 bridgehead atoms. The Hall–Kier alpha value is -1.16. The van der Waals surface area contributed by atoms with Gasteiger partial charge in [-0.25, -0.2) is 8.78 Å². The molecule has 4 heteroatoms. The van der Waals surface area contributed by atoms with Gasteiger partial charge in [0.2, 0.25) is 0 Å². The number of ether oxygens (including phenoxy) is 1. The Morgan fingerprint density at radius 2 is 2.12 bits per heavy atom. The molecule has 2 nitrogen and oxygen atoms in total. The summed E-state index contributed by atoms with van der Waals surface area (Å²) in [7, 11) is 0. The lowest BCUT2D eigenvalue weighted by atomic mass is 9.87. The van der Waals surface area contributed by atoms with Crippen LogP contribution in [0.25, 0.3) is 0 Å². The maximum atomic E-state index is 14.4. The fourth-order valence-electron chi connectivity index (χ4n) is 2.79. The minimum Gasteiger partial charge on any atom is -0.493 e. The molecule has 17 heavy (non-hydrogen) atoms. The lowest BCUT2D eigenvalue weighted by Gasteiger charge is -2.22. The third kappa shape index (κ3) is 1.40. The van der Waals surface area contributed by atoms with Gasteiger partial charge in [-0.2, -0.15) is 0 Å². The summed E-state index contributed by atoms with van der Waals surface area (Å²) in [6, 6.07) is 1.08. The fourth-order valence-corrected chi connectivity index (χ4v) is 2.79. The molecule has 2 aliphatic rings. The SMILES string of the molecule is CC(N)C1(c2c(F)cc3c(c2F)CCO3)CC1. The summed E-state index contributed by atoms with van der Waals surface area (Å²) in [4.78, 5) is 0. The molecule has 1 aromatic rings. The Morgan fingerprint density at radius 1 is 1.41 bits per heavy atom. The highest BCUT2D eigenvalue weighted by molar-refractivity contribution is 5.47. The maximum absolute atomic E-state index is 14.4. The molecule has 1 fully saturated rings. The molecular weight excluding hydrogens is 224 g/mol. The average Bonchev–Trinajstić information content (AvgIpc) is 2.91. The van der Waals surface area contributed by atoms with Crippen molar-refractivity contribution < 1.29 is 13.5 Å². The van der Waals surface area contributed by atoms with Gasteiger partial charge in [-0.3, -0.25) is 0 Å². The van der Waals surface area contributed by atoms with Crippen molar-refractivity contribution in [2.45, 2.75) is 37.6 Å². The van der Waals surface area contributed by atoms with Crippen LogP contribution in [-0.4, -0.2) is 12.6 Å². The van der Waals surface area contributed by atoms with Crippen molar-refractivity contribution in [3.05, 3.63) is 28.8 Å². The second-order valence-electron chi connectivity index (χ2n) is 5.07. The molecule has 0 amide bonds. The molecule has 1 atom stereocenters. The van der Waals surface area contributed by atoms with E-state index in [2.05, 4.69) is 0 Å². The summed E-state index contributed by atoms with van der Waals surface area (Å²) in [5, 5.41) is 0.